The minimum atomic E-state index is -0.993. The lowest BCUT2D eigenvalue weighted by Gasteiger charge is -2.16. The van der Waals surface area contributed by atoms with Gasteiger partial charge in [-0.3, -0.25) is 4.79 Å². The van der Waals surface area contributed by atoms with Gasteiger partial charge in [-0.1, -0.05) is 12.1 Å². The normalized spacial score (nSPS) is 11.4. The molecule has 1 amide bonds. The third kappa shape index (κ3) is 5.46. The van der Waals surface area contributed by atoms with Gasteiger partial charge >= 0.3 is 5.97 Å². The van der Waals surface area contributed by atoms with E-state index in [1.54, 1.807) is 49.6 Å². The molecule has 0 saturated carbocycles. The van der Waals surface area contributed by atoms with Crippen LogP contribution in [0.3, 0.4) is 0 Å². The number of anilines is 1. The summed E-state index contributed by atoms with van der Waals surface area (Å²) in [6.07, 6.45) is -0.993. The second-order valence-corrected chi connectivity index (χ2v) is 5.73. The first-order chi connectivity index (χ1) is 13.0. The van der Waals surface area contributed by atoms with Crippen molar-refractivity contribution in [3.63, 3.8) is 0 Å². The Hall–Kier alpha value is -3.06. The van der Waals surface area contributed by atoms with Crippen molar-refractivity contribution in [2.45, 2.75) is 19.6 Å². The molecular weight excluding hydrogens is 350 g/mol. The minimum Gasteiger partial charge on any atom is -0.497 e. The number of hydrogen-bond donors (Lipinski definition) is 1. The number of carbonyl (C=O) groups is 2. The summed E-state index contributed by atoms with van der Waals surface area (Å²) in [6.45, 7) is 1.95. The zero-order valence-corrected chi connectivity index (χ0v) is 15.8. The zero-order chi connectivity index (χ0) is 19.8. The van der Waals surface area contributed by atoms with Crippen LogP contribution in [0.15, 0.2) is 42.5 Å². The van der Waals surface area contributed by atoms with E-state index in [9.17, 15) is 9.59 Å². The van der Waals surface area contributed by atoms with Crippen LogP contribution in [0.1, 0.15) is 22.8 Å². The van der Waals surface area contributed by atoms with Gasteiger partial charge in [0.25, 0.3) is 5.91 Å². The van der Waals surface area contributed by atoms with Gasteiger partial charge < -0.3 is 24.3 Å². The molecule has 0 fully saturated rings. The highest BCUT2D eigenvalue weighted by Gasteiger charge is 2.20. The molecule has 2 rings (SSSR count). The van der Waals surface area contributed by atoms with E-state index in [0.29, 0.717) is 29.4 Å². The van der Waals surface area contributed by atoms with Gasteiger partial charge in [0.1, 0.15) is 11.5 Å². The summed E-state index contributed by atoms with van der Waals surface area (Å²) in [5.41, 5.74) is 1.71. The van der Waals surface area contributed by atoms with E-state index in [2.05, 4.69) is 5.32 Å². The van der Waals surface area contributed by atoms with Crippen LogP contribution < -0.4 is 14.8 Å². The number of hydrogen-bond acceptors (Lipinski definition) is 6. The molecule has 1 unspecified atom stereocenters. The molecule has 2 aromatic rings. The topological polar surface area (TPSA) is 83.1 Å². The van der Waals surface area contributed by atoms with E-state index < -0.39 is 18.0 Å². The highest BCUT2D eigenvalue weighted by atomic mass is 16.5. The molecule has 0 aliphatic carbocycles. The second-order valence-electron chi connectivity index (χ2n) is 5.73. The lowest BCUT2D eigenvalue weighted by atomic mass is 10.1. The largest absolute Gasteiger partial charge is 0.497 e. The molecule has 7 nitrogen and oxygen atoms in total. The van der Waals surface area contributed by atoms with Crippen molar-refractivity contribution >= 4 is 17.6 Å². The Kier molecular flexibility index (Phi) is 7.19. The van der Waals surface area contributed by atoms with E-state index in [0.717, 1.165) is 5.56 Å². The fourth-order valence-corrected chi connectivity index (χ4v) is 2.33. The third-order valence-corrected chi connectivity index (χ3v) is 3.82. The van der Waals surface area contributed by atoms with Crippen molar-refractivity contribution in [2.75, 3.05) is 26.6 Å². The van der Waals surface area contributed by atoms with Crippen LogP contribution in [-0.4, -0.2) is 39.3 Å². The van der Waals surface area contributed by atoms with Crippen molar-refractivity contribution in [2.24, 2.45) is 0 Å². The van der Waals surface area contributed by atoms with Gasteiger partial charge in [-0.15, -0.1) is 0 Å². The number of rotatable bonds is 8. The maximum absolute atomic E-state index is 12.4. The maximum atomic E-state index is 12.4. The van der Waals surface area contributed by atoms with E-state index in [-0.39, 0.29) is 0 Å². The van der Waals surface area contributed by atoms with Crippen LogP contribution in [-0.2, 0) is 20.9 Å². The fourth-order valence-electron chi connectivity index (χ4n) is 2.33. The maximum Gasteiger partial charge on any atom is 0.338 e. The van der Waals surface area contributed by atoms with Crippen LogP contribution in [0, 0.1) is 0 Å². The van der Waals surface area contributed by atoms with Gasteiger partial charge in [0.05, 0.1) is 32.1 Å². The van der Waals surface area contributed by atoms with Gasteiger partial charge in [-0.25, -0.2) is 4.79 Å². The smallest absolute Gasteiger partial charge is 0.338 e. The molecule has 1 atom stereocenters. The average Bonchev–Trinajstić information content (AvgIpc) is 2.68. The molecular formula is C20H23NO6. The number of methoxy groups -OCH3 is 3. The van der Waals surface area contributed by atoms with Crippen molar-refractivity contribution < 1.29 is 28.5 Å². The van der Waals surface area contributed by atoms with E-state index in [1.165, 1.54) is 21.1 Å². The van der Waals surface area contributed by atoms with Gasteiger partial charge in [0.2, 0.25) is 0 Å². The Morgan fingerprint density at radius 2 is 1.70 bits per heavy atom. The van der Waals surface area contributed by atoms with E-state index >= 15 is 0 Å². The number of nitrogens with one attached hydrogen (secondary N) is 1. The molecule has 27 heavy (non-hydrogen) atoms. The Labute approximate surface area is 158 Å². The molecule has 144 valence electrons. The van der Waals surface area contributed by atoms with E-state index in [1.807, 2.05) is 0 Å². The number of amides is 1. The summed E-state index contributed by atoms with van der Waals surface area (Å²) in [4.78, 5) is 24.6. The second kappa shape index (κ2) is 9.59. The summed E-state index contributed by atoms with van der Waals surface area (Å²) in [6, 6.07) is 11.8. The number of carbonyl (C=O) groups excluding carboxylic acids is 2. The van der Waals surface area contributed by atoms with Crippen molar-refractivity contribution in [1.29, 1.82) is 0 Å². The quantitative estimate of drug-likeness (QED) is 0.716. The number of benzene rings is 2. The summed E-state index contributed by atoms with van der Waals surface area (Å²) >= 11 is 0. The monoisotopic (exact) mass is 373 g/mol. The summed E-state index contributed by atoms with van der Waals surface area (Å²) < 4.78 is 20.6. The lowest BCUT2D eigenvalue weighted by molar-refractivity contribution is -0.123. The molecule has 1 N–H and O–H groups in total. The Bertz CT molecular complexity index is 788. The van der Waals surface area contributed by atoms with Gasteiger partial charge in [0.15, 0.2) is 6.10 Å². The number of ether oxygens (including phenoxy) is 4. The predicted octanol–water partition coefficient (Wildman–Crippen LogP) is 3.03. The first kappa shape index (κ1) is 20.3. The average molecular weight is 373 g/mol. The first-order valence-corrected chi connectivity index (χ1v) is 8.30. The first-order valence-electron chi connectivity index (χ1n) is 8.30. The van der Waals surface area contributed by atoms with Crippen molar-refractivity contribution in [3.8, 4) is 11.5 Å². The predicted molar refractivity (Wildman–Crippen MR) is 100 cm³/mol. The Morgan fingerprint density at radius 3 is 2.30 bits per heavy atom. The van der Waals surface area contributed by atoms with Crippen LogP contribution in [0.5, 0.6) is 11.5 Å². The van der Waals surface area contributed by atoms with Crippen LogP contribution in [0.25, 0.3) is 0 Å². The molecule has 0 radical (unpaired) electrons. The standard InChI is InChI=1S/C20H23NO6/c1-13(27-20(23)15-7-5-14(6-8-15)12-24-2)19(22)21-17-11-16(25-3)9-10-18(17)26-4/h5-11,13H,12H2,1-4H3,(H,21,22). The molecule has 0 aliphatic rings. The summed E-state index contributed by atoms with van der Waals surface area (Å²) in [5.74, 6) is -0.0339. The van der Waals surface area contributed by atoms with Gasteiger partial charge in [-0.2, -0.15) is 0 Å². The van der Waals surface area contributed by atoms with Crippen LogP contribution >= 0.6 is 0 Å². The highest BCUT2D eigenvalue weighted by molar-refractivity contribution is 5.98. The Morgan fingerprint density at radius 1 is 1.00 bits per heavy atom. The third-order valence-electron chi connectivity index (χ3n) is 3.82. The molecule has 0 heterocycles. The number of esters is 1. The minimum absolute atomic E-state index is 0.355. The van der Waals surface area contributed by atoms with Gasteiger partial charge in [-0.05, 0) is 36.8 Å². The SMILES string of the molecule is COCc1ccc(C(=O)OC(C)C(=O)Nc2cc(OC)ccc2OC)cc1. The summed E-state index contributed by atoms with van der Waals surface area (Å²) in [5, 5.41) is 2.68. The highest BCUT2D eigenvalue weighted by Crippen LogP contribution is 2.29. The molecule has 0 spiro atoms. The van der Waals surface area contributed by atoms with Crippen LogP contribution in [0.4, 0.5) is 5.69 Å². The van der Waals surface area contributed by atoms with E-state index in [4.69, 9.17) is 18.9 Å². The molecule has 7 heteroatoms. The van der Waals surface area contributed by atoms with Crippen molar-refractivity contribution in [1.82, 2.24) is 0 Å². The Balaban J connectivity index is 2.01. The van der Waals surface area contributed by atoms with Crippen LogP contribution in [0.2, 0.25) is 0 Å². The van der Waals surface area contributed by atoms with Gasteiger partial charge in [0, 0.05) is 13.2 Å². The molecule has 2 aromatic carbocycles. The molecule has 0 aromatic heterocycles. The summed E-state index contributed by atoms with van der Waals surface area (Å²) in [7, 11) is 4.61. The van der Waals surface area contributed by atoms with Crippen molar-refractivity contribution in [3.05, 3.63) is 53.6 Å². The molecule has 0 bridgehead atoms. The fraction of sp³-hybridized carbons (Fsp3) is 0.300. The molecule has 0 aliphatic heterocycles. The lowest BCUT2D eigenvalue weighted by Crippen LogP contribution is -2.30. The zero-order valence-electron chi connectivity index (χ0n) is 15.8. The molecule has 0 saturated heterocycles.